The second kappa shape index (κ2) is 55.2. The number of carbonyl (C=O) groups excluding carboxylic acids is 1. The van der Waals surface area contributed by atoms with Crippen molar-refractivity contribution in [1.29, 1.82) is 0 Å². The number of aliphatic hydroxyl groups is 2. The maximum absolute atomic E-state index is 12.5. The summed E-state index contributed by atoms with van der Waals surface area (Å²) in [4.78, 5) is 12.5. The van der Waals surface area contributed by atoms with Crippen LogP contribution in [0.4, 0.5) is 0 Å². The molecule has 4 heteroatoms. The zero-order valence-electron chi connectivity index (χ0n) is 42.8. The van der Waals surface area contributed by atoms with Crippen molar-refractivity contribution in [3.8, 4) is 0 Å². The molecule has 0 fully saturated rings. The van der Waals surface area contributed by atoms with Crippen molar-refractivity contribution in [3.63, 3.8) is 0 Å². The molecule has 0 aromatic carbocycles. The summed E-state index contributed by atoms with van der Waals surface area (Å²) in [6.45, 7) is 4.21. The average Bonchev–Trinajstić information content (AvgIpc) is 3.30. The van der Waals surface area contributed by atoms with Gasteiger partial charge < -0.3 is 15.5 Å². The topological polar surface area (TPSA) is 69.6 Å². The number of aliphatic hydroxyl groups excluding tert-OH is 2. The minimum absolute atomic E-state index is 0.0615. The SMILES string of the molecule is CC/C=C\C/C=C\C/C=C\C/C=C\C/C=C\CCCCCCCCCCCCCCCCCCCCCCCC(=O)NC(CO)C(O)/C=C/CCCCCCCCCCCCCCC. The Labute approximate surface area is 399 Å². The standard InChI is InChI=1S/C60H109NO3/c1-3-5-7-9-11-13-15-17-19-20-21-22-23-24-25-26-27-28-29-30-31-32-33-34-35-36-37-38-39-40-42-44-46-48-50-52-54-56-60(64)61-58(57-62)59(63)55-53-51-49-47-45-43-41-18-16-14-12-10-8-6-4-2/h5,7,11,13,17,19,21-22,24-25,53,55,58-59,62-63H,3-4,6,8-10,12,14-16,18,20,23,26-52,54,56-57H2,1-2H3,(H,61,64)/b7-5-,13-11-,19-17-,22-21-,25-24-,55-53+. The molecule has 372 valence electrons. The first kappa shape index (κ1) is 61.8. The molecule has 0 saturated heterocycles. The second-order valence-corrected chi connectivity index (χ2v) is 19.0. The highest BCUT2D eigenvalue weighted by Crippen LogP contribution is 2.17. The highest BCUT2D eigenvalue weighted by Gasteiger charge is 2.18. The van der Waals surface area contributed by atoms with Gasteiger partial charge in [0.1, 0.15) is 0 Å². The van der Waals surface area contributed by atoms with E-state index in [4.69, 9.17) is 0 Å². The molecule has 0 aromatic heterocycles. The van der Waals surface area contributed by atoms with Gasteiger partial charge in [0.2, 0.25) is 5.91 Å². The summed E-state index contributed by atoms with van der Waals surface area (Å²) in [7, 11) is 0. The highest BCUT2D eigenvalue weighted by atomic mass is 16.3. The molecule has 3 N–H and O–H groups in total. The van der Waals surface area contributed by atoms with Crippen LogP contribution in [0.2, 0.25) is 0 Å². The van der Waals surface area contributed by atoms with Crippen LogP contribution >= 0.6 is 0 Å². The molecule has 4 nitrogen and oxygen atoms in total. The zero-order valence-corrected chi connectivity index (χ0v) is 42.8. The molecular weight excluding hydrogens is 783 g/mol. The van der Waals surface area contributed by atoms with Crippen LogP contribution in [0.3, 0.4) is 0 Å². The number of allylic oxidation sites excluding steroid dienone is 11. The highest BCUT2D eigenvalue weighted by molar-refractivity contribution is 5.76. The normalized spacial score (nSPS) is 13.4. The number of amides is 1. The zero-order chi connectivity index (χ0) is 46.3. The Hall–Kier alpha value is -2.17. The Morgan fingerprint density at radius 3 is 1.03 bits per heavy atom. The van der Waals surface area contributed by atoms with E-state index in [-0.39, 0.29) is 12.5 Å². The maximum Gasteiger partial charge on any atom is 0.220 e. The molecule has 2 atom stereocenters. The van der Waals surface area contributed by atoms with Gasteiger partial charge in [0.05, 0.1) is 18.8 Å². The van der Waals surface area contributed by atoms with E-state index in [0.29, 0.717) is 6.42 Å². The summed E-state index contributed by atoms with van der Waals surface area (Å²) in [5.74, 6) is -0.0615. The molecule has 0 spiro atoms. The van der Waals surface area contributed by atoms with Crippen LogP contribution in [0.1, 0.15) is 284 Å². The fraction of sp³-hybridized carbons (Fsp3) is 0.783. The number of hydrogen-bond donors (Lipinski definition) is 3. The molecule has 0 saturated carbocycles. The summed E-state index contributed by atoms with van der Waals surface area (Å²) in [5.41, 5.74) is 0. The molecule has 0 aliphatic heterocycles. The molecule has 0 heterocycles. The first-order valence-corrected chi connectivity index (χ1v) is 28.2. The van der Waals surface area contributed by atoms with Crippen molar-refractivity contribution in [3.05, 3.63) is 72.9 Å². The van der Waals surface area contributed by atoms with Gasteiger partial charge in [-0.2, -0.15) is 0 Å². The first-order chi connectivity index (χ1) is 31.7. The van der Waals surface area contributed by atoms with Gasteiger partial charge in [-0.1, -0.05) is 286 Å². The molecule has 0 aromatic rings. The quantitative estimate of drug-likeness (QED) is 0.0421. The van der Waals surface area contributed by atoms with Crippen molar-refractivity contribution >= 4 is 5.91 Å². The molecule has 64 heavy (non-hydrogen) atoms. The molecule has 0 rings (SSSR count). The monoisotopic (exact) mass is 892 g/mol. The van der Waals surface area contributed by atoms with Crippen LogP contribution in [0.25, 0.3) is 0 Å². The molecule has 1 amide bonds. The fourth-order valence-electron chi connectivity index (χ4n) is 8.44. The second-order valence-electron chi connectivity index (χ2n) is 19.0. The predicted octanol–water partition coefficient (Wildman–Crippen LogP) is 18.6. The van der Waals surface area contributed by atoms with Gasteiger partial charge in [0.15, 0.2) is 0 Å². The minimum atomic E-state index is -0.839. The van der Waals surface area contributed by atoms with Crippen molar-refractivity contribution < 1.29 is 15.0 Å². The molecule has 0 aliphatic rings. The van der Waals surface area contributed by atoms with E-state index in [2.05, 4.69) is 79.9 Å². The lowest BCUT2D eigenvalue weighted by atomic mass is 10.0. The lowest BCUT2D eigenvalue weighted by Crippen LogP contribution is -2.45. The predicted molar refractivity (Wildman–Crippen MR) is 285 cm³/mol. The van der Waals surface area contributed by atoms with Crippen LogP contribution in [-0.4, -0.2) is 34.9 Å². The third kappa shape index (κ3) is 50.8. The van der Waals surface area contributed by atoms with Crippen molar-refractivity contribution in [2.75, 3.05) is 6.61 Å². The summed E-state index contributed by atoms with van der Waals surface area (Å²) >= 11 is 0. The molecule has 0 aliphatic carbocycles. The van der Waals surface area contributed by atoms with Gasteiger partial charge in [-0.05, 0) is 64.2 Å². The molecule has 0 radical (unpaired) electrons. The van der Waals surface area contributed by atoms with E-state index in [1.807, 2.05) is 6.08 Å². The summed E-state index contributed by atoms with van der Waals surface area (Å²) in [6.07, 6.45) is 79.2. The van der Waals surface area contributed by atoms with Crippen LogP contribution in [0.5, 0.6) is 0 Å². The average molecular weight is 893 g/mol. The third-order valence-electron chi connectivity index (χ3n) is 12.7. The van der Waals surface area contributed by atoms with Gasteiger partial charge in [0, 0.05) is 6.42 Å². The van der Waals surface area contributed by atoms with Crippen molar-refractivity contribution in [2.24, 2.45) is 0 Å². The van der Waals surface area contributed by atoms with Crippen LogP contribution in [0.15, 0.2) is 72.9 Å². The molecule has 0 bridgehead atoms. The number of carbonyl (C=O) groups is 1. The summed E-state index contributed by atoms with van der Waals surface area (Å²) < 4.78 is 0. The Morgan fingerprint density at radius 2 is 0.688 bits per heavy atom. The summed E-state index contributed by atoms with van der Waals surface area (Å²) in [6, 6.07) is -0.622. The smallest absolute Gasteiger partial charge is 0.220 e. The Balaban J connectivity index is 3.44. The van der Waals surface area contributed by atoms with Crippen LogP contribution in [-0.2, 0) is 4.79 Å². The van der Waals surface area contributed by atoms with Gasteiger partial charge in [-0.3, -0.25) is 4.79 Å². The van der Waals surface area contributed by atoms with E-state index in [1.165, 1.54) is 205 Å². The Bertz CT molecular complexity index is 1100. The Kier molecular flexibility index (Phi) is 53.3. The largest absolute Gasteiger partial charge is 0.394 e. The lowest BCUT2D eigenvalue weighted by molar-refractivity contribution is -0.123. The number of rotatable bonds is 51. The van der Waals surface area contributed by atoms with E-state index < -0.39 is 12.1 Å². The van der Waals surface area contributed by atoms with E-state index >= 15 is 0 Å². The molecule has 2 unspecified atom stereocenters. The Morgan fingerprint density at radius 1 is 0.391 bits per heavy atom. The van der Waals surface area contributed by atoms with Crippen molar-refractivity contribution in [2.45, 2.75) is 296 Å². The number of hydrogen-bond acceptors (Lipinski definition) is 3. The lowest BCUT2D eigenvalue weighted by Gasteiger charge is -2.20. The van der Waals surface area contributed by atoms with Gasteiger partial charge in [-0.25, -0.2) is 0 Å². The van der Waals surface area contributed by atoms with Crippen LogP contribution < -0.4 is 5.32 Å². The summed E-state index contributed by atoms with van der Waals surface area (Å²) in [5, 5.41) is 23.1. The number of nitrogens with one attached hydrogen (secondary N) is 1. The maximum atomic E-state index is 12.5. The fourth-order valence-corrected chi connectivity index (χ4v) is 8.44. The van der Waals surface area contributed by atoms with Crippen molar-refractivity contribution in [1.82, 2.24) is 5.32 Å². The molecular formula is C60H109NO3. The minimum Gasteiger partial charge on any atom is -0.394 e. The van der Waals surface area contributed by atoms with Crippen LogP contribution in [0, 0.1) is 0 Å². The van der Waals surface area contributed by atoms with E-state index in [0.717, 1.165) is 57.8 Å². The number of unbranched alkanes of at least 4 members (excludes halogenated alkanes) is 34. The van der Waals surface area contributed by atoms with Gasteiger partial charge in [0.25, 0.3) is 0 Å². The van der Waals surface area contributed by atoms with E-state index in [9.17, 15) is 15.0 Å². The first-order valence-electron chi connectivity index (χ1n) is 28.2. The third-order valence-corrected chi connectivity index (χ3v) is 12.7. The van der Waals surface area contributed by atoms with E-state index in [1.54, 1.807) is 6.08 Å². The van der Waals surface area contributed by atoms with Gasteiger partial charge >= 0.3 is 0 Å². The van der Waals surface area contributed by atoms with Gasteiger partial charge in [-0.15, -0.1) is 0 Å².